The normalized spacial score (nSPS) is 32.3. The number of anilines is 2. The number of halogens is 1. The minimum Gasteiger partial charge on any atom is -0.461 e. The summed E-state index contributed by atoms with van der Waals surface area (Å²) < 4.78 is 27.5. The largest absolute Gasteiger partial charge is 0.461 e. The maximum absolute atomic E-state index is 14.4. The van der Waals surface area contributed by atoms with E-state index in [0.29, 0.717) is 56.3 Å². The molecule has 9 nitrogen and oxygen atoms in total. The molecule has 5 aliphatic rings. The molecule has 7 rings (SSSR count). The van der Waals surface area contributed by atoms with E-state index in [1.165, 1.54) is 0 Å². The number of aromatic nitrogens is 2. The fourth-order valence-electron chi connectivity index (χ4n) is 8.06. The Morgan fingerprint density at radius 3 is 2.88 bits per heavy atom. The molecule has 3 saturated heterocycles. The van der Waals surface area contributed by atoms with E-state index in [1.54, 1.807) is 0 Å². The summed E-state index contributed by atoms with van der Waals surface area (Å²) in [5, 5.41) is 19.7. The van der Waals surface area contributed by atoms with Crippen molar-refractivity contribution < 1.29 is 13.9 Å². The minimum absolute atomic E-state index is 0.0559. The van der Waals surface area contributed by atoms with E-state index in [9.17, 15) is 14.9 Å². The number of benzene rings is 1. The second-order valence-corrected chi connectivity index (χ2v) is 12.7. The monoisotopic (exact) mass is 557 g/mol. The lowest BCUT2D eigenvalue weighted by atomic mass is 9.69. The first-order valence-electron chi connectivity index (χ1n) is 14.9. The molecule has 2 aromatic rings. The molecule has 5 atom stereocenters. The van der Waals surface area contributed by atoms with Crippen LogP contribution in [0.1, 0.15) is 79.3 Å². The van der Waals surface area contributed by atoms with E-state index < -0.39 is 11.8 Å². The maximum atomic E-state index is 14.4. The van der Waals surface area contributed by atoms with Gasteiger partial charge in [0.2, 0.25) is 0 Å². The lowest BCUT2D eigenvalue weighted by Gasteiger charge is -2.45. The first kappa shape index (κ1) is 26.4. The van der Waals surface area contributed by atoms with Gasteiger partial charge in [-0.15, -0.1) is 0 Å². The molecule has 0 bridgehead atoms. The van der Waals surface area contributed by atoms with E-state index >= 15 is 0 Å². The molecule has 1 spiro atoms. The van der Waals surface area contributed by atoms with Crippen LogP contribution in [0.3, 0.4) is 0 Å². The zero-order valence-corrected chi connectivity index (χ0v) is 23.5. The average molecular weight is 558 g/mol. The van der Waals surface area contributed by atoms with Gasteiger partial charge in [0.1, 0.15) is 30.3 Å². The van der Waals surface area contributed by atoms with Gasteiger partial charge < -0.3 is 20.1 Å². The molecule has 5 heterocycles. The van der Waals surface area contributed by atoms with E-state index in [2.05, 4.69) is 28.9 Å². The number of nitrogens with zero attached hydrogens (tertiary/aromatic N) is 6. The third kappa shape index (κ3) is 4.23. The summed E-state index contributed by atoms with van der Waals surface area (Å²) >= 11 is 0. The number of rotatable bonds is 4. The Hall–Kier alpha value is -3.47. The number of ether oxygens (including phenoxy) is 2. The van der Waals surface area contributed by atoms with Crippen molar-refractivity contribution in [1.29, 1.82) is 10.5 Å². The summed E-state index contributed by atoms with van der Waals surface area (Å²) in [7, 11) is 0. The van der Waals surface area contributed by atoms with Gasteiger partial charge in [-0.2, -0.15) is 20.5 Å². The van der Waals surface area contributed by atoms with Gasteiger partial charge in [-0.1, -0.05) is 13.0 Å². The van der Waals surface area contributed by atoms with Gasteiger partial charge >= 0.3 is 6.01 Å². The summed E-state index contributed by atoms with van der Waals surface area (Å²) in [6, 6.07) is 8.91. The highest BCUT2D eigenvalue weighted by Crippen LogP contribution is 2.51. The number of nitriles is 2. The topological polar surface area (TPSA) is 124 Å². The van der Waals surface area contributed by atoms with Crippen molar-refractivity contribution in [2.75, 3.05) is 43.4 Å². The third-order valence-electron chi connectivity index (χ3n) is 10.2. The Morgan fingerprint density at radius 1 is 1.20 bits per heavy atom. The molecule has 4 aliphatic heterocycles. The Labute approximate surface area is 240 Å². The molecule has 10 heteroatoms. The lowest BCUT2D eigenvalue weighted by Crippen LogP contribution is -2.44. The van der Waals surface area contributed by atoms with Crippen molar-refractivity contribution in [3.05, 3.63) is 40.1 Å². The molecular formula is C31H36FN7O2. The summed E-state index contributed by atoms with van der Waals surface area (Å²) in [5.74, 6) is 0.991. The van der Waals surface area contributed by atoms with Crippen molar-refractivity contribution in [2.45, 2.75) is 81.7 Å². The smallest absolute Gasteiger partial charge is 0.318 e. The van der Waals surface area contributed by atoms with Crippen LogP contribution in [-0.4, -0.2) is 59.4 Å². The highest BCUT2D eigenvalue weighted by molar-refractivity contribution is 5.64. The van der Waals surface area contributed by atoms with Crippen molar-refractivity contribution in [1.82, 2.24) is 14.9 Å². The van der Waals surface area contributed by atoms with Crippen molar-refractivity contribution in [3.63, 3.8) is 0 Å². The van der Waals surface area contributed by atoms with E-state index in [1.807, 2.05) is 12.1 Å². The Kier molecular flexibility index (Phi) is 6.33. The third-order valence-corrected chi connectivity index (χ3v) is 10.2. The second-order valence-electron chi connectivity index (χ2n) is 12.7. The van der Waals surface area contributed by atoms with Gasteiger partial charge in [0.25, 0.3) is 0 Å². The van der Waals surface area contributed by atoms with Gasteiger partial charge in [0.05, 0.1) is 35.4 Å². The molecule has 41 heavy (non-hydrogen) atoms. The highest BCUT2D eigenvalue weighted by Gasteiger charge is 2.50. The number of alkyl halides is 1. The van der Waals surface area contributed by atoms with Crippen LogP contribution in [-0.2, 0) is 23.4 Å². The van der Waals surface area contributed by atoms with E-state index in [4.69, 9.17) is 25.2 Å². The van der Waals surface area contributed by atoms with Crippen LogP contribution in [0.5, 0.6) is 6.01 Å². The fourth-order valence-corrected chi connectivity index (χ4v) is 8.06. The van der Waals surface area contributed by atoms with Crippen LogP contribution < -0.4 is 15.4 Å². The van der Waals surface area contributed by atoms with Gasteiger partial charge in [-0.05, 0) is 56.2 Å². The first-order valence-corrected chi connectivity index (χ1v) is 14.9. The molecule has 214 valence electrons. The van der Waals surface area contributed by atoms with Crippen LogP contribution in [0.4, 0.5) is 15.9 Å². The highest BCUT2D eigenvalue weighted by atomic mass is 19.1. The van der Waals surface area contributed by atoms with Crippen molar-refractivity contribution in [2.24, 2.45) is 5.92 Å². The van der Waals surface area contributed by atoms with Gasteiger partial charge in [0.15, 0.2) is 0 Å². The molecule has 0 amide bonds. The number of nitrogens with two attached hydrogens (primary N) is 1. The molecule has 2 N–H and O–H groups in total. The van der Waals surface area contributed by atoms with Crippen LogP contribution in [0, 0.1) is 28.6 Å². The molecule has 0 unspecified atom stereocenters. The summed E-state index contributed by atoms with van der Waals surface area (Å²) in [4.78, 5) is 14.2. The zero-order valence-electron chi connectivity index (χ0n) is 23.5. The van der Waals surface area contributed by atoms with Crippen molar-refractivity contribution in [3.8, 4) is 18.1 Å². The Morgan fingerprint density at radius 2 is 2.07 bits per heavy atom. The second kappa shape index (κ2) is 9.82. The molecule has 1 aromatic carbocycles. The van der Waals surface area contributed by atoms with Crippen LogP contribution in [0.25, 0.3) is 0 Å². The summed E-state index contributed by atoms with van der Waals surface area (Å²) in [6.45, 7) is 5.51. The molecular weight excluding hydrogens is 521 g/mol. The Bertz CT molecular complexity index is 1470. The van der Waals surface area contributed by atoms with Gasteiger partial charge in [-0.25, -0.2) is 4.39 Å². The number of nitrogen functional groups attached to an aromatic ring is 1. The number of hydrogen-bond donors (Lipinski definition) is 1. The van der Waals surface area contributed by atoms with Crippen LogP contribution >= 0.6 is 0 Å². The van der Waals surface area contributed by atoms with Gasteiger partial charge in [0, 0.05) is 49.3 Å². The minimum atomic E-state index is -0.834. The zero-order chi connectivity index (χ0) is 28.4. The number of fused-ring (bicyclic) bond motifs is 4. The molecule has 0 radical (unpaired) electrons. The molecule has 1 aliphatic carbocycles. The molecule has 3 fully saturated rings. The fraction of sp³-hybridized carbons (Fsp3) is 0.613. The predicted octanol–water partition coefficient (Wildman–Crippen LogP) is 4.10. The quantitative estimate of drug-likeness (QED) is 0.553. The molecule has 1 aromatic heterocycles. The van der Waals surface area contributed by atoms with Gasteiger partial charge in [-0.3, -0.25) is 4.90 Å². The van der Waals surface area contributed by atoms with Crippen molar-refractivity contribution >= 4 is 11.5 Å². The predicted molar refractivity (Wildman–Crippen MR) is 150 cm³/mol. The summed E-state index contributed by atoms with van der Waals surface area (Å²) in [6.07, 6.45) is 4.53. The van der Waals surface area contributed by atoms with Crippen LogP contribution in [0.15, 0.2) is 12.1 Å². The van der Waals surface area contributed by atoms with E-state index in [-0.39, 0.29) is 17.5 Å². The summed E-state index contributed by atoms with van der Waals surface area (Å²) in [5.41, 5.74) is 9.99. The average Bonchev–Trinajstić information content (AvgIpc) is 3.68. The maximum Gasteiger partial charge on any atom is 0.318 e. The first-order chi connectivity index (χ1) is 19.8. The molecule has 0 saturated carbocycles. The van der Waals surface area contributed by atoms with Crippen LogP contribution in [0.2, 0.25) is 0 Å². The lowest BCUT2D eigenvalue weighted by molar-refractivity contribution is -0.0873. The Balaban J connectivity index is 1.28. The SMILES string of the molecule is C[C@H]1CC[C@]2(Cc3nc(OC[C@@]45CCCN4C[C@H](F)C5)nc(N4CC[C@H](C#N)C4)c3CO2)c2c1ccc(N)c2C#N. The number of hydrogen-bond acceptors (Lipinski definition) is 9. The standard InChI is InChI=1S/C31H36FN7O2/c1-19-5-8-31(27-22(19)3-4-25(35)23(27)14-34)12-26-24(17-41-31)28(38-10-6-20(13-33)15-38)37-29(36-26)40-18-30-7-2-9-39(30)16-21(32)11-30/h3-4,19-21H,2,5-12,15-18,35H2,1H3/t19-,20+,21+,30-,31-/m0/s1. The van der Waals surface area contributed by atoms with E-state index in [0.717, 1.165) is 73.4 Å².